The number of carbonyl (C=O) groups is 2. The van der Waals surface area contributed by atoms with E-state index in [-0.39, 0.29) is 23.0 Å². The zero-order valence-corrected chi connectivity index (χ0v) is 18.4. The van der Waals surface area contributed by atoms with Crippen molar-refractivity contribution in [2.24, 2.45) is 0 Å². The van der Waals surface area contributed by atoms with Gasteiger partial charge in [-0.2, -0.15) is 13.2 Å². The maximum atomic E-state index is 13.0. The summed E-state index contributed by atoms with van der Waals surface area (Å²) in [5.74, 6) is 0.557. The van der Waals surface area contributed by atoms with Crippen LogP contribution in [-0.4, -0.2) is 31.1 Å². The van der Waals surface area contributed by atoms with Crippen LogP contribution in [0, 0.1) is 6.92 Å². The van der Waals surface area contributed by atoms with Crippen molar-refractivity contribution in [2.45, 2.75) is 13.1 Å². The molecule has 8 nitrogen and oxygen atoms in total. The van der Waals surface area contributed by atoms with Gasteiger partial charge in [0.1, 0.15) is 22.9 Å². The number of aryl methyl sites for hydroxylation is 1. The largest absolute Gasteiger partial charge is 0.495 e. The van der Waals surface area contributed by atoms with Gasteiger partial charge in [0.2, 0.25) is 0 Å². The molecule has 3 amide bonds. The lowest BCUT2D eigenvalue weighted by molar-refractivity contribution is -0.137. The number of rotatable bonds is 6. The molecule has 0 fully saturated rings. The average Bonchev–Trinajstić information content (AvgIpc) is 2.80. The molecule has 1 heterocycles. The maximum absolute atomic E-state index is 13.0. The highest BCUT2D eigenvalue weighted by Gasteiger charge is 2.31. The Morgan fingerprint density at radius 1 is 0.941 bits per heavy atom. The topological polar surface area (TPSA) is 102 Å². The zero-order chi connectivity index (χ0) is 24.9. The number of hydrogen-bond donors (Lipinski definition) is 3. The van der Waals surface area contributed by atoms with E-state index in [2.05, 4.69) is 20.9 Å². The number of hydrogen-bond acceptors (Lipinski definition) is 5. The van der Waals surface area contributed by atoms with Crippen LogP contribution in [0.3, 0.4) is 0 Å². The number of anilines is 2. The van der Waals surface area contributed by atoms with E-state index in [4.69, 9.17) is 9.47 Å². The van der Waals surface area contributed by atoms with Crippen molar-refractivity contribution in [3.63, 3.8) is 0 Å². The third-order valence-corrected chi connectivity index (χ3v) is 4.65. The van der Waals surface area contributed by atoms with Crippen molar-refractivity contribution in [1.82, 2.24) is 10.3 Å². The van der Waals surface area contributed by atoms with Gasteiger partial charge in [-0.3, -0.25) is 9.78 Å². The van der Waals surface area contributed by atoms with Crippen LogP contribution in [0.2, 0.25) is 0 Å². The number of nitrogens with one attached hydrogen (secondary N) is 3. The Kier molecular flexibility index (Phi) is 7.24. The Morgan fingerprint density at radius 2 is 1.65 bits per heavy atom. The first-order chi connectivity index (χ1) is 16.1. The van der Waals surface area contributed by atoms with Gasteiger partial charge in [-0.05, 0) is 55.0 Å². The molecule has 0 aliphatic rings. The summed E-state index contributed by atoms with van der Waals surface area (Å²) in [4.78, 5) is 28.1. The summed E-state index contributed by atoms with van der Waals surface area (Å²) < 4.78 is 49.8. The molecule has 34 heavy (non-hydrogen) atoms. The number of aromatic nitrogens is 1. The Bertz CT molecular complexity index is 1220. The molecule has 0 bridgehead atoms. The van der Waals surface area contributed by atoms with Gasteiger partial charge in [-0.15, -0.1) is 0 Å². The fraction of sp³-hybridized carbons (Fsp3) is 0.174. The van der Waals surface area contributed by atoms with E-state index in [0.29, 0.717) is 22.7 Å². The van der Waals surface area contributed by atoms with Gasteiger partial charge in [0.15, 0.2) is 0 Å². The maximum Gasteiger partial charge on any atom is 0.416 e. The lowest BCUT2D eigenvalue weighted by Gasteiger charge is -2.15. The number of amides is 3. The zero-order valence-electron chi connectivity index (χ0n) is 18.4. The van der Waals surface area contributed by atoms with Gasteiger partial charge in [0, 0.05) is 25.0 Å². The van der Waals surface area contributed by atoms with Crippen LogP contribution in [0.4, 0.5) is 29.3 Å². The molecule has 178 valence electrons. The summed E-state index contributed by atoms with van der Waals surface area (Å²) in [5.41, 5.74) is 0.187. The Balaban J connectivity index is 1.72. The van der Waals surface area contributed by atoms with Crippen LogP contribution in [0.15, 0.2) is 54.7 Å². The molecule has 0 unspecified atom stereocenters. The molecule has 11 heteroatoms. The van der Waals surface area contributed by atoms with Crippen LogP contribution in [-0.2, 0) is 6.18 Å². The number of carbonyl (C=O) groups excluding carboxylic acids is 2. The van der Waals surface area contributed by atoms with E-state index in [1.165, 1.54) is 26.4 Å². The fourth-order valence-electron chi connectivity index (χ4n) is 2.96. The number of alkyl halides is 3. The van der Waals surface area contributed by atoms with E-state index in [1.807, 2.05) is 0 Å². The number of nitrogens with zero attached hydrogens (tertiary/aromatic N) is 1. The first-order valence-corrected chi connectivity index (χ1v) is 9.90. The highest BCUT2D eigenvalue weighted by molar-refractivity contribution is 6.01. The second-order valence-corrected chi connectivity index (χ2v) is 7.03. The quantitative estimate of drug-likeness (QED) is 0.455. The molecular weight excluding hydrogens is 453 g/mol. The molecule has 3 aromatic rings. The number of ether oxygens (including phenoxy) is 2. The predicted octanol–water partition coefficient (Wildman–Crippen LogP) is 5.21. The van der Waals surface area contributed by atoms with Gasteiger partial charge < -0.3 is 25.4 Å². The Morgan fingerprint density at radius 3 is 2.29 bits per heavy atom. The lowest BCUT2D eigenvalue weighted by Crippen LogP contribution is -2.21. The molecule has 0 atom stereocenters. The van der Waals surface area contributed by atoms with E-state index in [9.17, 15) is 22.8 Å². The molecule has 0 aliphatic carbocycles. The van der Waals surface area contributed by atoms with Crippen molar-refractivity contribution in [2.75, 3.05) is 24.8 Å². The minimum atomic E-state index is -4.57. The van der Waals surface area contributed by atoms with Crippen molar-refractivity contribution in [3.05, 3.63) is 71.5 Å². The van der Waals surface area contributed by atoms with Crippen LogP contribution < -0.4 is 25.4 Å². The summed E-state index contributed by atoms with van der Waals surface area (Å²) in [5, 5.41) is 7.44. The van der Waals surface area contributed by atoms with Gasteiger partial charge in [0.25, 0.3) is 5.91 Å². The number of pyridine rings is 1. The molecule has 3 rings (SSSR count). The normalized spacial score (nSPS) is 10.9. The number of benzene rings is 2. The first-order valence-electron chi connectivity index (χ1n) is 9.90. The molecular formula is C23H21F3N4O4. The van der Waals surface area contributed by atoms with Gasteiger partial charge in [-0.1, -0.05) is 0 Å². The monoisotopic (exact) mass is 474 g/mol. The van der Waals surface area contributed by atoms with Crippen LogP contribution in [0.5, 0.6) is 17.2 Å². The Labute approximate surface area is 193 Å². The van der Waals surface area contributed by atoms with Crippen LogP contribution in [0.25, 0.3) is 0 Å². The minimum Gasteiger partial charge on any atom is -0.495 e. The van der Waals surface area contributed by atoms with E-state index < -0.39 is 17.8 Å². The summed E-state index contributed by atoms with van der Waals surface area (Å²) in [7, 11) is 2.78. The van der Waals surface area contributed by atoms with E-state index in [0.717, 1.165) is 18.2 Å². The molecule has 0 spiro atoms. The SMILES string of the molecule is CNC(=O)c1cc(Oc2ccc(NC(=O)Nc3cc(C(F)(F)F)ccc3OC)c(C)c2)ccn1. The summed E-state index contributed by atoms with van der Waals surface area (Å²) >= 11 is 0. The second-order valence-electron chi connectivity index (χ2n) is 7.03. The molecule has 0 saturated heterocycles. The van der Waals surface area contributed by atoms with Gasteiger partial charge >= 0.3 is 12.2 Å². The molecule has 0 radical (unpaired) electrons. The number of urea groups is 1. The molecule has 2 aromatic carbocycles. The lowest BCUT2D eigenvalue weighted by atomic mass is 10.1. The average molecular weight is 474 g/mol. The molecule has 0 saturated carbocycles. The van der Waals surface area contributed by atoms with Crippen LogP contribution in [0.1, 0.15) is 21.6 Å². The van der Waals surface area contributed by atoms with Crippen molar-refractivity contribution < 1.29 is 32.2 Å². The smallest absolute Gasteiger partial charge is 0.416 e. The third kappa shape index (κ3) is 5.94. The third-order valence-electron chi connectivity index (χ3n) is 4.65. The van der Waals surface area contributed by atoms with E-state index in [1.54, 1.807) is 31.2 Å². The van der Waals surface area contributed by atoms with Crippen LogP contribution >= 0.6 is 0 Å². The summed E-state index contributed by atoms with van der Waals surface area (Å²) in [6.45, 7) is 1.72. The highest BCUT2D eigenvalue weighted by atomic mass is 19.4. The first kappa shape index (κ1) is 24.4. The van der Waals surface area contributed by atoms with Crippen molar-refractivity contribution in [3.8, 4) is 17.2 Å². The van der Waals surface area contributed by atoms with Gasteiger partial charge in [0.05, 0.1) is 18.4 Å². The highest BCUT2D eigenvalue weighted by Crippen LogP contribution is 2.35. The Hall–Kier alpha value is -4.28. The summed E-state index contributed by atoms with van der Waals surface area (Å²) in [6, 6.07) is 9.93. The molecule has 1 aromatic heterocycles. The fourth-order valence-corrected chi connectivity index (χ4v) is 2.96. The molecule has 3 N–H and O–H groups in total. The second kappa shape index (κ2) is 10.1. The molecule has 0 aliphatic heterocycles. The predicted molar refractivity (Wildman–Crippen MR) is 120 cm³/mol. The minimum absolute atomic E-state index is 0.0806. The van der Waals surface area contributed by atoms with Crippen molar-refractivity contribution >= 4 is 23.3 Å². The van der Waals surface area contributed by atoms with Gasteiger partial charge in [-0.25, -0.2) is 4.79 Å². The number of methoxy groups -OCH3 is 1. The standard InChI is InChI=1S/C23H21F3N4O4/c1-13-10-15(34-16-8-9-28-19(12-16)21(31)27-2)5-6-17(13)29-22(32)30-18-11-14(23(24,25)26)4-7-20(18)33-3/h4-12H,1-3H3,(H,27,31)(H2,29,30,32). The summed E-state index contributed by atoms with van der Waals surface area (Å²) in [6.07, 6.45) is -3.13. The number of halogens is 3. The van der Waals surface area contributed by atoms with E-state index >= 15 is 0 Å². The van der Waals surface area contributed by atoms with Crippen molar-refractivity contribution in [1.29, 1.82) is 0 Å².